The first-order valence-electron chi connectivity index (χ1n) is 12.9. The molecule has 2 aliphatic rings. The molecule has 4 rings (SSSR count). The van der Waals surface area contributed by atoms with E-state index in [0.29, 0.717) is 11.8 Å². The second kappa shape index (κ2) is 12.3. The molecule has 33 heavy (non-hydrogen) atoms. The molecule has 0 aromatic heterocycles. The average Bonchev–Trinajstić information content (AvgIpc) is 3.30. The molecule has 2 saturated heterocycles. The van der Waals surface area contributed by atoms with E-state index in [1.807, 2.05) is 0 Å². The van der Waals surface area contributed by atoms with Crippen molar-refractivity contribution in [2.75, 3.05) is 32.8 Å². The fraction of sp³-hybridized carbons (Fsp3) is 0.552. The quantitative estimate of drug-likeness (QED) is 0.231. The molecule has 2 fully saturated rings. The lowest BCUT2D eigenvalue weighted by Gasteiger charge is -2.36. The monoisotopic (exact) mass is 448 g/mol. The number of aliphatic imine (C=N–C) groups is 1. The van der Waals surface area contributed by atoms with Crippen LogP contribution in [0.2, 0.25) is 0 Å². The number of nitrogens with zero attached hydrogens (tertiary/aromatic N) is 2. The van der Waals surface area contributed by atoms with Crippen LogP contribution in [0.4, 0.5) is 0 Å². The van der Waals surface area contributed by atoms with Crippen LogP contribution in [0.5, 0.6) is 0 Å². The normalized spacial score (nSPS) is 19.0. The van der Waals surface area contributed by atoms with Crippen molar-refractivity contribution in [3.63, 3.8) is 0 Å². The van der Waals surface area contributed by atoms with Gasteiger partial charge >= 0.3 is 0 Å². The van der Waals surface area contributed by atoms with E-state index in [9.17, 15) is 0 Å². The summed E-state index contributed by atoms with van der Waals surface area (Å²) in [6, 6.07) is 22.1. The number of likely N-dealkylation sites (tertiary alicyclic amines) is 1. The van der Waals surface area contributed by atoms with E-state index in [1.165, 1.54) is 36.8 Å². The highest BCUT2D eigenvalue weighted by atomic mass is 16.7. The van der Waals surface area contributed by atoms with Gasteiger partial charge in [0.05, 0.1) is 19.6 Å². The van der Waals surface area contributed by atoms with Gasteiger partial charge in [0.25, 0.3) is 0 Å². The molecular formula is C29H40N2O2. The second-order valence-electron chi connectivity index (χ2n) is 9.69. The van der Waals surface area contributed by atoms with E-state index >= 15 is 0 Å². The highest BCUT2D eigenvalue weighted by Crippen LogP contribution is 2.37. The van der Waals surface area contributed by atoms with Gasteiger partial charge in [0, 0.05) is 32.0 Å². The van der Waals surface area contributed by atoms with Crippen molar-refractivity contribution < 1.29 is 9.47 Å². The Morgan fingerprint density at radius 3 is 2.06 bits per heavy atom. The third-order valence-electron chi connectivity index (χ3n) is 7.17. The first kappa shape index (κ1) is 24.0. The summed E-state index contributed by atoms with van der Waals surface area (Å²) in [5.41, 5.74) is 2.88. The first-order chi connectivity index (χ1) is 16.2. The summed E-state index contributed by atoms with van der Waals surface area (Å²) >= 11 is 0. The van der Waals surface area contributed by atoms with Crippen molar-refractivity contribution in [2.45, 2.75) is 63.6 Å². The molecule has 2 aromatic carbocycles. The first-order valence-corrected chi connectivity index (χ1v) is 12.9. The van der Waals surface area contributed by atoms with E-state index in [1.54, 1.807) is 0 Å². The molecule has 0 saturated carbocycles. The smallest absolute Gasteiger partial charge is 0.165 e. The lowest BCUT2D eigenvalue weighted by molar-refractivity contribution is -0.147. The van der Waals surface area contributed by atoms with E-state index in [0.717, 1.165) is 52.1 Å². The molecule has 178 valence electrons. The van der Waals surface area contributed by atoms with E-state index in [4.69, 9.17) is 14.5 Å². The summed E-state index contributed by atoms with van der Waals surface area (Å²) in [5.74, 6) is 0.826. The van der Waals surface area contributed by atoms with Crippen LogP contribution in [0.25, 0.3) is 0 Å². The molecule has 4 nitrogen and oxygen atoms in total. The van der Waals surface area contributed by atoms with Crippen molar-refractivity contribution in [2.24, 2.45) is 10.9 Å². The van der Waals surface area contributed by atoms with Gasteiger partial charge in [-0.3, -0.25) is 4.99 Å². The van der Waals surface area contributed by atoms with Crippen molar-refractivity contribution in [3.8, 4) is 0 Å². The number of unbranched alkanes of at least 4 members (excludes halogenated alkanes) is 3. The van der Waals surface area contributed by atoms with Gasteiger partial charge in [-0.05, 0) is 49.7 Å². The Hall–Kier alpha value is -2.17. The number of ether oxygens (including phenoxy) is 2. The van der Waals surface area contributed by atoms with Crippen LogP contribution < -0.4 is 0 Å². The Morgan fingerprint density at radius 2 is 1.45 bits per heavy atom. The molecule has 2 aliphatic heterocycles. The average molecular weight is 449 g/mol. The molecule has 0 atom stereocenters. The highest BCUT2D eigenvalue weighted by molar-refractivity contribution is 5.55. The van der Waals surface area contributed by atoms with Gasteiger partial charge in [-0.15, -0.1) is 0 Å². The molecular weight excluding hydrogens is 408 g/mol. The molecule has 0 N–H and O–H groups in total. The zero-order valence-electron chi connectivity index (χ0n) is 20.2. The number of hydrogen-bond donors (Lipinski definition) is 0. The molecule has 2 aromatic rings. The summed E-state index contributed by atoms with van der Waals surface area (Å²) in [5, 5.41) is 0. The standard InChI is InChI=1S/C29H40N2O2/c1-29(32-22-23-33-29)18-10-2-3-11-19-30-24-31-20-16-27(17-21-31)28(25-12-6-4-7-13-25)26-14-8-5-9-15-26/h4-9,12-15,24,27-28H,2-3,10-11,16-23H2,1H3/b30-24+. The SMILES string of the molecule is CC1(CCCCCC/N=C/N2CCC(C(c3ccccc3)c3ccccc3)CC2)OCCO1. The summed E-state index contributed by atoms with van der Waals surface area (Å²) in [6.45, 7) is 6.67. The predicted molar refractivity (Wildman–Crippen MR) is 136 cm³/mol. The molecule has 0 unspecified atom stereocenters. The van der Waals surface area contributed by atoms with Crippen LogP contribution in [0.15, 0.2) is 65.7 Å². The maximum Gasteiger partial charge on any atom is 0.165 e. The third kappa shape index (κ3) is 7.15. The molecule has 0 amide bonds. The fourth-order valence-electron chi connectivity index (χ4n) is 5.30. The minimum absolute atomic E-state index is 0.329. The lowest BCUT2D eigenvalue weighted by atomic mass is 9.76. The topological polar surface area (TPSA) is 34.1 Å². The Balaban J connectivity index is 1.17. The zero-order valence-corrected chi connectivity index (χ0v) is 20.2. The Labute approximate surface area is 200 Å². The van der Waals surface area contributed by atoms with Gasteiger partial charge < -0.3 is 14.4 Å². The van der Waals surface area contributed by atoms with E-state index in [2.05, 4.69) is 78.8 Å². The van der Waals surface area contributed by atoms with Crippen LogP contribution in [0, 0.1) is 5.92 Å². The van der Waals surface area contributed by atoms with Crippen molar-refractivity contribution in [3.05, 3.63) is 71.8 Å². The second-order valence-corrected chi connectivity index (χ2v) is 9.69. The summed E-state index contributed by atoms with van der Waals surface area (Å²) < 4.78 is 11.3. The molecule has 0 aliphatic carbocycles. The predicted octanol–water partition coefficient (Wildman–Crippen LogP) is 6.27. The van der Waals surface area contributed by atoms with E-state index in [-0.39, 0.29) is 5.79 Å². The third-order valence-corrected chi connectivity index (χ3v) is 7.17. The summed E-state index contributed by atoms with van der Waals surface area (Å²) in [4.78, 5) is 7.14. The van der Waals surface area contributed by atoms with Gasteiger partial charge in [0.2, 0.25) is 0 Å². The van der Waals surface area contributed by atoms with Gasteiger partial charge in [-0.25, -0.2) is 0 Å². The van der Waals surface area contributed by atoms with Gasteiger partial charge in [0.1, 0.15) is 0 Å². The number of piperidine rings is 1. The molecule has 2 heterocycles. The number of hydrogen-bond acceptors (Lipinski definition) is 3. The maximum absolute atomic E-state index is 5.67. The van der Waals surface area contributed by atoms with Gasteiger partial charge in [0.15, 0.2) is 5.79 Å². The van der Waals surface area contributed by atoms with Crippen LogP contribution >= 0.6 is 0 Å². The van der Waals surface area contributed by atoms with Crippen LogP contribution in [0.3, 0.4) is 0 Å². The molecule has 0 radical (unpaired) electrons. The van der Waals surface area contributed by atoms with Crippen molar-refractivity contribution >= 4 is 6.34 Å². The molecule has 0 bridgehead atoms. The maximum atomic E-state index is 5.67. The van der Waals surface area contributed by atoms with Crippen LogP contribution in [-0.4, -0.2) is 49.9 Å². The number of benzene rings is 2. The van der Waals surface area contributed by atoms with Crippen molar-refractivity contribution in [1.82, 2.24) is 4.90 Å². The van der Waals surface area contributed by atoms with Gasteiger partial charge in [-0.1, -0.05) is 73.5 Å². The number of rotatable bonds is 11. The Bertz CT molecular complexity index is 786. The minimum atomic E-state index is -0.329. The van der Waals surface area contributed by atoms with Crippen LogP contribution in [0.1, 0.15) is 68.9 Å². The summed E-state index contributed by atoms with van der Waals surface area (Å²) in [7, 11) is 0. The summed E-state index contributed by atoms with van der Waals surface area (Å²) in [6.07, 6.45) is 10.3. The Kier molecular flexibility index (Phi) is 8.96. The van der Waals surface area contributed by atoms with Crippen molar-refractivity contribution in [1.29, 1.82) is 0 Å². The minimum Gasteiger partial charge on any atom is -0.363 e. The zero-order chi connectivity index (χ0) is 22.8. The largest absolute Gasteiger partial charge is 0.363 e. The molecule has 0 spiro atoms. The van der Waals surface area contributed by atoms with E-state index < -0.39 is 0 Å². The van der Waals surface area contributed by atoms with Gasteiger partial charge in [-0.2, -0.15) is 0 Å². The molecule has 4 heteroatoms. The Morgan fingerprint density at radius 1 is 0.879 bits per heavy atom. The lowest BCUT2D eigenvalue weighted by Crippen LogP contribution is -2.35. The highest BCUT2D eigenvalue weighted by Gasteiger charge is 2.30. The van der Waals surface area contributed by atoms with Crippen LogP contribution in [-0.2, 0) is 9.47 Å². The fourth-order valence-corrected chi connectivity index (χ4v) is 5.30.